The van der Waals surface area contributed by atoms with E-state index in [2.05, 4.69) is 58.9 Å². The Morgan fingerprint density at radius 2 is 1.73 bits per heavy atom. The predicted molar refractivity (Wildman–Crippen MR) is 131 cm³/mol. The van der Waals surface area contributed by atoms with Crippen molar-refractivity contribution in [2.24, 2.45) is 11.7 Å². The van der Waals surface area contributed by atoms with Crippen LogP contribution in [0.1, 0.15) is 70.4 Å². The van der Waals surface area contributed by atoms with Gasteiger partial charge in [-0.05, 0) is 70.3 Å². The highest BCUT2D eigenvalue weighted by molar-refractivity contribution is 5.78. The molecule has 2 unspecified atom stereocenters. The quantitative estimate of drug-likeness (QED) is 0.676. The topological polar surface area (TPSA) is 62.0 Å². The van der Waals surface area contributed by atoms with E-state index in [0.717, 1.165) is 65.0 Å². The summed E-state index contributed by atoms with van der Waals surface area (Å²) in [6.07, 6.45) is 7.89. The van der Waals surface area contributed by atoms with Crippen molar-refractivity contribution >= 4 is 6.03 Å². The SMILES string of the molecule is CC(C)N1C(=O)N(CC2CCOCC2)CC12CC1CCC(C2)N1CC[C@H](N)c1ccccc1. The molecule has 4 aliphatic rings. The van der Waals surface area contributed by atoms with Gasteiger partial charge in [0.15, 0.2) is 0 Å². The van der Waals surface area contributed by atoms with Crippen LogP contribution in [0, 0.1) is 5.92 Å². The maximum Gasteiger partial charge on any atom is 0.320 e. The van der Waals surface area contributed by atoms with Crippen LogP contribution in [0.15, 0.2) is 30.3 Å². The van der Waals surface area contributed by atoms with Crippen LogP contribution < -0.4 is 5.73 Å². The number of fused-ring (bicyclic) bond motifs is 2. The number of piperidine rings is 1. The smallest absolute Gasteiger partial charge is 0.320 e. The van der Waals surface area contributed by atoms with Gasteiger partial charge in [-0.3, -0.25) is 4.90 Å². The van der Waals surface area contributed by atoms with E-state index >= 15 is 0 Å². The normalized spacial score (nSPS) is 31.8. The number of ether oxygens (including phenoxy) is 1. The van der Waals surface area contributed by atoms with Crippen LogP contribution in [0.2, 0.25) is 0 Å². The average Bonchev–Trinajstić information content (AvgIpc) is 3.22. The molecule has 2 N–H and O–H groups in total. The number of hydrogen-bond donors (Lipinski definition) is 1. The molecule has 0 saturated carbocycles. The predicted octanol–water partition coefficient (Wildman–Crippen LogP) is 4.01. The number of nitrogens with two attached hydrogens (primary N) is 1. The number of carbonyl (C=O) groups excluding carboxylic acids is 1. The van der Waals surface area contributed by atoms with Crippen LogP contribution in [-0.2, 0) is 4.74 Å². The molecule has 1 aromatic carbocycles. The summed E-state index contributed by atoms with van der Waals surface area (Å²) >= 11 is 0. The molecule has 5 rings (SSSR count). The van der Waals surface area contributed by atoms with Gasteiger partial charge in [0.1, 0.15) is 0 Å². The minimum Gasteiger partial charge on any atom is -0.381 e. The fourth-order valence-electron chi connectivity index (χ4n) is 7.27. The molecule has 4 heterocycles. The number of carbonyl (C=O) groups is 1. The molecule has 6 heteroatoms. The van der Waals surface area contributed by atoms with Crippen molar-refractivity contribution in [1.82, 2.24) is 14.7 Å². The molecule has 3 atom stereocenters. The van der Waals surface area contributed by atoms with E-state index in [4.69, 9.17) is 10.5 Å². The molecular weight excluding hydrogens is 412 g/mol. The largest absolute Gasteiger partial charge is 0.381 e. The Morgan fingerprint density at radius 1 is 1.06 bits per heavy atom. The highest BCUT2D eigenvalue weighted by Gasteiger charge is 2.57. The van der Waals surface area contributed by atoms with Crippen molar-refractivity contribution < 1.29 is 9.53 Å². The molecule has 0 radical (unpaired) electrons. The minimum absolute atomic E-state index is 0.000294. The van der Waals surface area contributed by atoms with Crippen molar-refractivity contribution in [1.29, 1.82) is 0 Å². The summed E-state index contributed by atoms with van der Waals surface area (Å²) in [6.45, 7) is 8.95. The maximum atomic E-state index is 13.6. The zero-order valence-electron chi connectivity index (χ0n) is 20.5. The fourth-order valence-corrected chi connectivity index (χ4v) is 7.27. The van der Waals surface area contributed by atoms with Crippen molar-refractivity contribution in [3.63, 3.8) is 0 Å². The maximum absolute atomic E-state index is 13.6. The number of amides is 2. The van der Waals surface area contributed by atoms with Crippen LogP contribution in [0.5, 0.6) is 0 Å². The Morgan fingerprint density at radius 3 is 2.36 bits per heavy atom. The van der Waals surface area contributed by atoms with Crippen LogP contribution in [0.25, 0.3) is 0 Å². The monoisotopic (exact) mass is 454 g/mol. The van der Waals surface area contributed by atoms with Gasteiger partial charge in [-0.2, -0.15) is 0 Å². The second kappa shape index (κ2) is 9.55. The van der Waals surface area contributed by atoms with E-state index in [0.29, 0.717) is 18.0 Å². The molecule has 2 amide bonds. The molecule has 0 aromatic heterocycles. The first-order chi connectivity index (χ1) is 16.0. The number of urea groups is 1. The van der Waals surface area contributed by atoms with Crippen LogP contribution >= 0.6 is 0 Å². The highest BCUT2D eigenvalue weighted by atomic mass is 16.5. The van der Waals surface area contributed by atoms with Gasteiger partial charge >= 0.3 is 6.03 Å². The van der Waals surface area contributed by atoms with Gasteiger partial charge in [0, 0.05) is 57.0 Å². The van der Waals surface area contributed by atoms with Crippen molar-refractivity contribution in [2.45, 2.75) is 88.5 Å². The average molecular weight is 455 g/mol. The van der Waals surface area contributed by atoms with Gasteiger partial charge in [0.25, 0.3) is 0 Å². The number of benzene rings is 1. The van der Waals surface area contributed by atoms with E-state index in [1.54, 1.807) is 0 Å². The molecule has 4 fully saturated rings. The van der Waals surface area contributed by atoms with E-state index in [1.807, 2.05) is 0 Å². The Kier molecular flexibility index (Phi) is 6.69. The highest BCUT2D eigenvalue weighted by Crippen LogP contribution is 2.48. The van der Waals surface area contributed by atoms with Crippen LogP contribution in [0.3, 0.4) is 0 Å². The number of hydrogen-bond acceptors (Lipinski definition) is 4. The third-order valence-corrected chi connectivity index (χ3v) is 8.74. The van der Waals surface area contributed by atoms with Gasteiger partial charge < -0.3 is 20.3 Å². The second-order valence-corrected chi connectivity index (χ2v) is 11.2. The zero-order valence-corrected chi connectivity index (χ0v) is 20.5. The molecule has 4 saturated heterocycles. The first kappa shape index (κ1) is 23.1. The van der Waals surface area contributed by atoms with Crippen molar-refractivity contribution in [2.75, 3.05) is 32.8 Å². The molecule has 2 bridgehead atoms. The second-order valence-electron chi connectivity index (χ2n) is 11.2. The molecule has 4 aliphatic heterocycles. The van der Waals surface area contributed by atoms with E-state index in [9.17, 15) is 4.79 Å². The molecule has 33 heavy (non-hydrogen) atoms. The standard InChI is InChI=1S/C27H42N4O2/c1-20(2)31-26(32)29(18-21-11-14-33-15-12-21)19-27(31)16-23-8-9-24(17-27)30(23)13-10-25(28)22-6-4-3-5-7-22/h3-7,20-21,23-25H,8-19,28H2,1-2H3/t23?,24?,25-,27?/m0/s1. The lowest BCUT2D eigenvalue weighted by Gasteiger charge is -2.49. The first-order valence-electron chi connectivity index (χ1n) is 13.2. The van der Waals surface area contributed by atoms with Gasteiger partial charge in [0.05, 0.1) is 5.54 Å². The van der Waals surface area contributed by atoms with Gasteiger partial charge in [-0.15, -0.1) is 0 Å². The van der Waals surface area contributed by atoms with Gasteiger partial charge in [-0.25, -0.2) is 4.79 Å². The zero-order chi connectivity index (χ0) is 23.0. The number of rotatable bonds is 7. The summed E-state index contributed by atoms with van der Waals surface area (Å²) in [7, 11) is 0. The van der Waals surface area contributed by atoms with Crippen LogP contribution in [-0.4, -0.2) is 77.2 Å². The Balaban J connectivity index is 1.26. The summed E-state index contributed by atoms with van der Waals surface area (Å²) in [5.74, 6) is 0.586. The van der Waals surface area contributed by atoms with E-state index < -0.39 is 0 Å². The van der Waals surface area contributed by atoms with E-state index in [1.165, 1.54) is 18.4 Å². The lowest BCUT2D eigenvalue weighted by molar-refractivity contribution is 0.0149. The first-order valence-corrected chi connectivity index (χ1v) is 13.2. The summed E-state index contributed by atoms with van der Waals surface area (Å²) in [5.41, 5.74) is 7.76. The minimum atomic E-state index is 0.000294. The molecular formula is C27H42N4O2. The molecule has 1 spiro atoms. The molecule has 1 aromatic rings. The third-order valence-electron chi connectivity index (χ3n) is 8.74. The summed E-state index contributed by atoms with van der Waals surface area (Å²) < 4.78 is 5.55. The third kappa shape index (κ3) is 4.54. The summed E-state index contributed by atoms with van der Waals surface area (Å²) in [6, 6.07) is 12.2. The molecule has 6 nitrogen and oxygen atoms in total. The fraction of sp³-hybridized carbons (Fsp3) is 0.741. The van der Waals surface area contributed by atoms with Gasteiger partial charge in [0.2, 0.25) is 0 Å². The van der Waals surface area contributed by atoms with E-state index in [-0.39, 0.29) is 23.7 Å². The lowest BCUT2D eigenvalue weighted by Crippen LogP contribution is -2.60. The van der Waals surface area contributed by atoms with Gasteiger partial charge in [-0.1, -0.05) is 30.3 Å². The van der Waals surface area contributed by atoms with Crippen molar-refractivity contribution in [3.8, 4) is 0 Å². The number of nitrogens with zero attached hydrogens (tertiary/aromatic N) is 3. The Labute approximate surface area is 199 Å². The molecule has 0 aliphatic carbocycles. The van der Waals surface area contributed by atoms with Crippen molar-refractivity contribution in [3.05, 3.63) is 35.9 Å². The summed E-state index contributed by atoms with van der Waals surface area (Å²) in [4.78, 5) is 20.8. The summed E-state index contributed by atoms with van der Waals surface area (Å²) in [5, 5.41) is 0. The Hall–Kier alpha value is -1.63. The van der Waals surface area contributed by atoms with Crippen LogP contribution in [0.4, 0.5) is 4.79 Å². The Bertz CT molecular complexity index is 796. The molecule has 182 valence electrons. The lowest BCUT2D eigenvalue weighted by atomic mass is 9.81.